The van der Waals surface area contributed by atoms with Gasteiger partial charge in [-0.1, -0.05) is 103 Å². The zero-order valence-corrected chi connectivity index (χ0v) is 25.2. The Labute approximate surface area is 249 Å². The first-order chi connectivity index (χ1) is 19.8. The fourth-order valence-electron chi connectivity index (χ4n) is 5.06. The Balaban J connectivity index is 0.000000145. The maximum Gasteiger partial charge on any atom is 2.00 e. The Morgan fingerprint density at radius 3 is 2.07 bits per heavy atom. The van der Waals surface area contributed by atoms with Gasteiger partial charge in [0, 0.05) is 23.3 Å². The number of hydrogen-bond acceptors (Lipinski definition) is 3. The van der Waals surface area contributed by atoms with Gasteiger partial charge >= 0.3 is 19.5 Å². The molecule has 4 heterocycles. The van der Waals surface area contributed by atoms with E-state index in [-0.39, 0.29) is 19.5 Å². The number of aromatic nitrogens is 4. The fourth-order valence-corrected chi connectivity index (χ4v) is 5.06. The van der Waals surface area contributed by atoms with Gasteiger partial charge in [0.2, 0.25) is 0 Å². The van der Waals surface area contributed by atoms with Gasteiger partial charge in [0.05, 0.1) is 11.5 Å². The summed E-state index contributed by atoms with van der Waals surface area (Å²) >= 11 is 0. The Bertz CT molecular complexity index is 2170. The first-order valence-corrected chi connectivity index (χ1v) is 13.1. The molecule has 0 atom stereocenters. The molecule has 190 valence electrons. The molecular formula is C35H23N5Zn. The van der Waals surface area contributed by atoms with E-state index in [2.05, 4.69) is 67.4 Å². The first-order valence-electron chi connectivity index (χ1n) is 13.1. The minimum absolute atomic E-state index is 0. The van der Waals surface area contributed by atoms with Gasteiger partial charge in [-0.05, 0) is 56.0 Å². The van der Waals surface area contributed by atoms with Crippen LogP contribution in [0.1, 0.15) is 0 Å². The second-order valence-electron chi connectivity index (χ2n) is 9.39. The van der Waals surface area contributed by atoms with E-state index < -0.39 is 0 Å². The van der Waals surface area contributed by atoms with E-state index in [1.165, 1.54) is 16.2 Å². The molecule has 0 saturated carbocycles. The largest absolute Gasteiger partial charge is 2.00 e. The maximum absolute atomic E-state index is 4.68. The maximum atomic E-state index is 4.68. The number of fused-ring (bicyclic) bond motifs is 5. The zero-order valence-electron chi connectivity index (χ0n) is 22.2. The third-order valence-electron chi connectivity index (χ3n) is 6.96. The van der Waals surface area contributed by atoms with Crippen LogP contribution in [0.4, 0.5) is 5.82 Å². The Morgan fingerprint density at radius 2 is 1.22 bits per heavy atom. The third kappa shape index (κ3) is 5.18. The van der Waals surface area contributed by atoms with Crippen LogP contribution in [-0.2, 0) is 19.5 Å². The van der Waals surface area contributed by atoms with E-state index in [4.69, 9.17) is 0 Å². The van der Waals surface area contributed by atoms with Gasteiger partial charge in [0.15, 0.2) is 0 Å². The summed E-state index contributed by atoms with van der Waals surface area (Å²) in [6.45, 7) is 0. The molecule has 0 bridgehead atoms. The van der Waals surface area contributed by atoms with Crippen LogP contribution >= 0.6 is 0 Å². The Morgan fingerprint density at radius 1 is 0.512 bits per heavy atom. The van der Waals surface area contributed by atoms with Crippen LogP contribution in [0.15, 0.2) is 145 Å². The van der Waals surface area contributed by atoms with Gasteiger partial charge < -0.3 is 15.0 Å². The minimum Gasteiger partial charge on any atom is -0.663 e. The van der Waals surface area contributed by atoms with Crippen LogP contribution in [0.25, 0.3) is 54.5 Å². The smallest absolute Gasteiger partial charge is 0.663 e. The molecule has 4 aromatic heterocycles. The predicted molar refractivity (Wildman–Crippen MR) is 162 cm³/mol. The Kier molecular flexibility index (Phi) is 7.49. The average molecular weight is 579 g/mol. The monoisotopic (exact) mass is 577 g/mol. The van der Waals surface area contributed by atoms with Crippen molar-refractivity contribution < 1.29 is 19.5 Å². The number of pyridine rings is 3. The van der Waals surface area contributed by atoms with Crippen molar-refractivity contribution in [2.45, 2.75) is 0 Å². The van der Waals surface area contributed by atoms with Crippen molar-refractivity contribution in [2.75, 3.05) is 0 Å². The number of rotatable bonds is 2. The minimum atomic E-state index is 0. The summed E-state index contributed by atoms with van der Waals surface area (Å²) in [6.07, 6.45) is 7.25. The summed E-state index contributed by atoms with van der Waals surface area (Å²) in [6, 6.07) is 38.8. The van der Waals surface area contributed by atoms with Crippen LogP contribution in [0.3, 0.4) is 0 Å². The molecule has 0 aliphatic rings. The van der Waals surface area contributed by atoms with E-state index in [0.717, 1.165) is 38.3 Å². The topological polar surface area (TPSA) is 66.3 Å². The quantitative estimate of drug-likeness (QED) is 0.198. The van der Waals surface area contributed by atoms with Gasteiger partial charge in [-0.3, -0.25) is 9.97 Å². The molecular weight excluding hydrogens is 556 g/mol. The van der Waals surface area contributed by atoms with Gasteiger partial charge in [-0.25, -0.2) is 0 Å². The van der Waals surface area contributed by atoms with Crippen molar-refractivity contribution in [3.05, 3.63) is 146 Å². The van der Waals surface area contributed by atoms with Crippen LogP contribution in [0.5, 0.6) is 0 Å². The number of hydrogen-bond donors (Lipinski definition) is 0. The van der Waals surface area contributed by atoms with E-state index in [9.17, 15) is 0 Å². The summed E-state index contributed by atoms with van der Waals surface area (Å²) in [5.74, 6) is 0.706. The van der Waals surface area contributed by atoms with Crippen molar-refractivity contribution in [3.63, 3.8) is 0 Å². The van der Waals surface area contributed by atoms with Crippen molar-refractivity contribution >= 4 is 49.0 Å². The van der Waals surface area contributed by atoms with Crippen LogP contribution in [-0.4, -0.2) is 9.97 Å². The molecule has 0 aliphatic carbocycles. The second kappa shape index (κ2) is 11.7. The van der Waals surface area contributed by atoms with Crippen LogP contribution < -0.4 is 15.5 Å². The van der Waals surface area contributed by atoms with Crippen molar-refractivity contribution in [2.24, 2.45) is 4.99 Å². The predicted octanol–water partition coefficient (Wildman–Crippen LogP) is 7.59. The average Bonchev–Trinajstić information content (AvgIpc) is 3.52. The molecule has 0 aliphatic heterocycles. The summed E-state index contributed by atoms with van der Waals surface area (Å²) < 4.78 is 0. The molecule has 0 saturated heterocycles. The molecule has 8 aromatic rings. The third-order valence-corrected chi connectivity index (χ3v) is 6.96. The van der Waals surface area contributed by atoms with Crippen molar-refractivity contribution in [3.8, 4) is 11.3 Å². The van der Waals surface area contributed by atoms with Crippen molar-refractivity contribution in [1.82, 2.24) is 19.9 Å². The Hall–Kier alpha value is -4.93. The molecule has 41 heavy (non-hydrogen) atoms. The van der Waals surface area contributed by atoms with Gasteiger partial charge in [-0.15, -0.1) is 5.52 Å². The fraction of sp³-hybridized carbons (Fsp3) is 0. The number of nitrogens with zero attached hydrogens (tertiary/aromatic N) is 5. The first kappa shape index (κ1) is 26.3. The molecule has 5 nitrogen and oxygen atoms in total. The molecule has 0 radical (unpaired) electrons. The molecule has 0 fully saturated rings. The second-order valence-corrected chi connectivity index (χ2v) is 9.39. The van der Waals surface area contributed by atoms with E-state index >= 15 is 0 Å². The van der Waals surface area contributed by atoms with Crippen LogP contribution in [0.2, 0.25) is 0 Å². The zero-order chi connectivity index (χ0) is 26.7. The summed E-state index contributed by atoms with van der Waals surface area (Å²) in [5, 5.41) is 7.90. The van der Waals surface area contributed by atoms with Crippen molar-refractivity contribution in [1.29, 1.82) is 0 Å². The molecule has 8 rings (SSSR count). The van der Waals surface area contributed by atoms with Gasteiger partial charge in [-0.2, -0.15) is 6.20 Å². The standard InChI is InChI=1S/C18H12N3.C17H11N2.Zn/c1-3-7-15-13(5-1)9-11-19-17(15)21-18-16-8-4-2-6-14(16)10-12-20-18;1-2-10-18-15(6-1)14-5-3-4-12-7-8-13-9-11-19-17(13)16(12)14;/h1-12H;1-11H;/q2*-1;+2. The molecule has 6 heteroatoms. The molecule has 0 unspecified atom stereocenters. The van der Waals surface area contributed by atoms with E-state index in [1.807, 2.05) is 85.2 Å². The van der Waals surface area contributed by atoms with Gasteiger partial charge in [0.25, 0.3) is 0 Å². The summed E-state index contributed by atoms with van der Waals surface area (Å²) in [5.41, 5.74) is 3.89. The summed E-state index contributed by atoms with van der Waals surface area (Å²) in [4.78, 5) is 22.4. The van der Waals surface area contributed by atoms with Gasteiger partial charge in [0.1, 0.15) is 0 Å². The normalized spacial score (nSPS) is 11.4. The van der Waals surface area contributed by atoms with Crippen LogP contribution in [0, 0.1) is 0 Å². The molecule has 4 aromatic carbocycles. The molecule has 0 spiro atoms. The molecule has 0 N–H and O–H groups in total. The van der Waals surface area contributed by atoms with E-state index in [0.29, 0.717) is 11.3 Å². The summed E-state index contributed by atoms with van der Waals surface area (Å²) in [7, 11) is 0. The SMILES string of the molecule is [Zn+2].c1ccc(-c2cccc3ccc4cc[n-]c4c23)nc1.c1ccc2c(N=c3[n-]ccc4ccccc34)nccc2c1. The van der Waals surface area contributed by atoms with E-state index in [1.54, 1.807) is 12.4 Å². The molecule has 0 amide bonds. The number of benzene rings is 4.